The van der Waals surface area contributed by atoms with E-state index in [4.69, 9.17) is 4.42 Å². The second-order valence-electron chi connectivity index (χ2n) is 5.37. The van der Waals surface area contributed by atoms with Crippen LogP contribution >= 0.6 is 11.8 Å². The van der Waals surface area contributed by atoms with Gasteiger partial charge in [0, 0.05) is 24.4 Å². The first-order valence-corrected chi connectivity index (χ1v) is 9.07. The highest BCUT2D eigenvalue weighted by Crippen LogP contribution is 2.27. The number of aromatic nitrogens is 1. The number of nitrogens with zero attached hydrogens (tertiary/aromatic N) is 2. The third-order valence-corrected chi connectivity index (χ3v) is 4.80. The Morgan fingerprint density at radius 1 is 1.08 bits per heavy atom. The number of hydrogen-bond acceptors (Lipinski definition) is 4. The smallest absolute Gasteiger partial charge is 0.257 e. The lowest BCUT2D eigenvalue weighted by Crippen LogP contribution is -2.31. The van der Waals surface area contributed by atoms with Gasteiger partial charge in [-0.25, -0.2) is 4.98 Å². The summed E-state index contributed by atoms with van der Waals surface area (Å²) in [5, 5.41) is 0.626. The number of hydrogen-bond donors (Lipinski definition) is 0. The Morgan fingerprint density at radius 3 is 2.54 bits per heavy atom. The van der Waals surface area contributed by atoms with Crippen LogP contribution in [-0.2, 0) is 5.75 Å². The van der Waals surface area contributed by atoms with E-state index in [0.29, 0.717) is 24.1 Å². The number of oxazole rings is 1. The van der Waals surface area contributed by atoms with E-state index in [2.05, 4.69) is 4.98 Å². The molecule has 0 N–H and O–H groups in total. The molecular formula is C19H20N2O2S. The molecule has 0 aliphatic heterocycles. The summed E-state index contributed by atoms with van der Waals surface area (Å²) in [6.45, 7) is 5.41. The van der Waals surface area contributed by atoms with Crippen LogP contribution in [0.4, 0.5) is 0 Å². The predicted octanol–water partition coefficient (Wildman–Crippen LogP) is 4.60. The van der Waals surface area contributed by atoms with Gasteiger partial charge >= 0.3 is 0 Å². The molecule has 0 spiro atoms. The highest BCUT2D eigenvalue weighted by molar-refractivity contribution is 7.98. The van der Waals surface area contributed by atoms with Crippen LogP contribution in [0.5, 0.6) is 0 Å². The van der Waals surface area contributed by atoms with Crippen molar-refractivity contribution in [2.75, 3.05) is 13.1 Å². The molecule has 1 aromatic heterocycles. The van der Waals surface area contributed by atoms with Crippen LogP contribution in [-0.4, -0.2) is 28.9 Å². The van der Waals surface area contributed by atoms with Crippen LogP contribution in [0.15, 0.2) is 58.2 Å². The van der Waals surface area contributed by atoms with Crippen LogP contribution in [0.1, 0.15) is 29.8 Å². The number of thioether (sulfide) groups is 1. The van der Waals surface area contributed by atoms with Crippen molar-refractivity contribution >= 4 is 28.8 Å². The molecule has 3 aromatic rings. The summed E-state index contributed by atoms with van der Waals surface area (Å²) in [6, 6.07) is 15.5. The van der Waals surface area contributed by atoms with Crippen molar-refractivity contribution in [2.24, 2.45) is 0 Å². The zero-order chi connectivity index (χ0) is 16.9. The lowest BCUT2D eigenvalue weighted by Gasteiger charge is -2.20. The summed E-state index contributed by atoms with van der Waals surface area (Å²) in [7, 11) is 0. The Hall–Kier alpha value is -2.27. The van der Waals surface area contributed by atoms with E-state index in [1.165, 1.54) is 11.8 Å². The van der Waals surface area contributed by atoms with Gasteiger partial charge in [-0.05, 0) is 37.6 Å². The molecule has 1 heterocycles. The van der Waals surface area contributed by atoms with Crippen LogP contribution in [0, 0.1) is 0 Å². The van der Waals surface area contributed by atoms with E-state index in [0.717, 1.165) is 22.2 Å². The van der Waals surface area contributed by atoms with E-state index in [1.807, 2.05) is 67.3 Å². The van der Waals surface area contributed by atoms with E-state index < -0.39 is 0 Å². The Kier molecular flexibility index (Phi) is 5.20. The molecule has 5 heteroatoms. The third kappa shape index (κ3) is 3.46. The number of fused-ring (bicyclic) bond motifs is 1. The van der Waals surface area contributed by atoms with Gasteiger partial charge < -0.3 is 9.32 Å². The third-order valence-electron chi connectivity index (χ3n) is 3.92. The molecule has 3 rings (SSSR count). The number of amides is 1. The zero-order valence-electron chi connectivity index (χ0n) is 13.9. The monoisotopic (exact) mass is 340 g/mol. The second kappa shape index (κ2) is 7.53. The first kappa shape index (κ1) is 16.6. The van der Waals surface area contributed by atoms with Gasteiger partial charge in [-0.3, -0.25) is 4.79 Å². The van der Waals surface area contributed by atoms with Gasteiger partial charge in [0.2, 0.25) is 0 Å². The maximum atomic E-state index is 12.7. The van der Waals surface area contributed by atoms with Crippen molar-refractivity contribution in [2.45, 2.75) is 24.8 Å². The summed E-state index contributed by atoms with van der Waals surface area (Å²) in [4.78, 5) is 19.0. The molecule has 0 unspecified atom stereocenters. The summed E-state index contributed by atoms with van der Waals surface area (Å²) >= 11 is 1.51. The summed E-state index contributed by atoms with van der Waals surface area (Å²) in [5.74, 6) is 0.726. The molecule has 0 radical (unpaired) electrons. The van der Waals surface area contributed by atoms with E-state index in [-0.39, 0.29) is 5.91 Å². The second-order valence-corrected chi connectivity index (χ2v) is 6.30. The minimum atomic E-state index is 0.0776. The van der Waals surface area contributed by atoms with Gasteiger partial charge in [0.25, 0.3) is 11.1 Å². The van der Waals surface area contributed by atoms with Crippen molar-refractivity contribution in [1.82, 2.24) is 9.88 Å². The standard InChI is InChI=1S/C19H20N2O2S/c1-3-21(4-2)18(22)15-10-6-5-9-14(15)13-24-19-20-16-11-7-8-12-17(16)23-19/h5-12H,3-4,13H2,1-2H3. The molecule has 2 aromatic carbocycles. The number of benzene rings is 2. The number of rotatable bonds is 6. The first-order valence-electron chi connectivity index (χ1n) is 8.08. The molecule has 0 saturated heterocycles. The Balaban J connectivity index is 1.79. The maximum Gasteiger partial charge on any atom is 0.257 e. The van der Waals surface area contributed by atoms with Crippen molar-refractivity contribution in [3.63, 3.8) is 0 Å². The van der Waals surface area contributed by atoms with Crippen molar-refractivity contribution < 1.29 is 9.21 Å². The van der Waals surface area contributed by atoms with Gasteiger partial charge in [0.1, 0.15) is 5.52 Å². The molecule has 124 valence electrons. The van der Waals surface area contributed by atoms with Gasteiger partial charge in [0.05, 0.1) is 0 Å². The molecule has 0 aliphatic carbocycles. The van der Waals surface area contributed by atoms with Gasteiger partial charge in [-0.15, -0.1) is 0 Å². The molecule has 0 fully saturated rings. The minimum absolute atomic E-state index is 0.0776. The largest absolute Gasteiger partial charge is 0.431 e. The van der Waals surface area contributed by atoms with Crippen LogP contribution in [0.25, 0.3) is 11.1 Å². The van der Waals surface area contributed by atoms with Crippen molar-refractivity contribution in [1.29, 1.82) is 0 Å². The SMILES string of the molecule is CCN(CC)C(=O)c1ccccc1CSc1nc2ccccc2o1. The fraction of sp³-hybridized carbons (Fsp3) is 0.263. The average molecular weight is 340 g/mol. The highest BCUT2D eigenvalue weighted by Gasteiger charge is 2.16. The summed E-state index contributed by atoms with van der Waals surface area (Å²) in [5.41, 5.74) is 3.39. The van der Waals surface area contributed by atoms with Crippen molar-refractivity contribution in [3.8, 4) is 0 Å². The zero-order valence-corrected chi connectivity index (χ0v) is 14.7. The van der Waals surface area contributed by atoms with E-state index >= 15 is 0 Å². The Bertz CT molecular complexity index is 807. The van der Waals surface area contributed by atoms with E-state index in [1.54, 1.807) is 0 Å². The molecule has 0 atom stereocenters. The van der Waals surface area contributed by atoms with Crippen LogP contribution in [0.3, 0.4) is 0 Å². The fourth-order valence-corrected chi connectivity index (χ4v) is 3.43. The lowest BCUT2D eigenvalue weighted by molar-refractivity contribution is 0.0772. The molecule has 1 amide bonds. The highest BCUT2D eigenvalue weighted by atomic mass is 32.2. The van der Waals surface area contributed by atoms with E-state index in [9.17, 15) is 4.79 Å². The van der Waals surface area contributed by atoms with Gasteiger partial charge in [-0.2, -0.15) is 0 Å². The first-order chi connectivity index (χ1) is 11.7. The topological polar surface area (TPSA) is 46.3 Å². The average Bonchev–Trinajstić information content (AvgIpc) is 3.04. The number of carbonyl (C=O) groups excluding carboxylic acids is 1. The molecule has 0 bridgehead atoms. The quantitative estimate of drug-likeness (QED) is 0.615. The molecule has 24 heavy (non-hydrogen) atoms. The molecule has 0 saturated carbocycles. The Morgan fingerprint density at radius 2 is 1.79 bits per heavy atom. The van der Waals surface area contributed by atoms with Crippen LogP contribution in [0.2, 0.25) is 0 Å². The van der Waals surface area contributed by atoms with Crippen molar-refractivity contribution in [3.05, 3.63) is 59.7 Å². The van der Waals surface area contributed by atoms with Gasteiger partial charge in [0.15, 0.2) is 5.58 Å². The molecule has 4 nitrogen and oxygen atoms in total. The predicted molar refractivity (Wildman–Crippen MR) is 97.3 cm³/mol. The summed E-state index contributed by atoms with van der Waals surface area (Å²) < 4.78 is 5.74. The normalized spacial score (nSPS) is 10.9. The minimum Gasteiger partial charge on any atom is -0.431 e. The summed E-state index contributed by atoms with van der Waals surface area (Å²) in [6.07, 6.45) is 0. The van der Waals surface area contributed by atoms with Crippen LogP contribution < -0.4 is 0 Å². The Labute approximate surface area is 145 Å². The number of para-hydroxylation sites is 2. The fourth-order valence-electron chi connectivity index (χ4n) is 2.59. The lowest BCUT2D eigenvalue weighted by atomic mass is 10.1. The number of carbonyl (C=O) groups is 1. The van der Waals surface area contributed by atoms with Gasteiger partial charge in [-0.1, -0.05) is 42.1 Å². The molecule has 0 aliphatic rings. The molecular weight excluding hydrogens is 320 g/mol. The maximum absolute atomic E-state index is 12.7.